The summed E-state index contributed by atoms with van der Waals surface area (Å²) < 4.78 is 0. The van der Waals surface area contributed by atoms with Gasteiger partial charge in [0.25, 0.3) is 0 Å². The maximum atomic E-state index is 5.63. The predicted octanol–water partition coefficient (Wildman–Crippen LogP) is 2.13. The highest BCUT2D eigenvalue weighted by atomic mass is 32.1. The summed E-state index contributed by atoms with van der Waals surface area (Å²) in [5.74, 6) is 8.69. The number of thiocarbonyl (C=S) groups is 1. The topological polar surface area (TPSA) is 0 Å². The summed E-state index contributed by atoms with van der Waals surface area (Å²) in [7, 11) is 0. The number of hydrogen-bond acceptors (Lipinski definition) is 1. The van der Waals surface area contributed by atoms with E-state index in [1.165, 1.54) is 11.8 Å². The van der Waals surface area contributed by atoms with Crippen LogP contribution < -0.4 is 0 Å². The molecule has 0 aliphatic heterocycles. The summed E-state index contributed by atoms with van der Waals surface area (Å²) >= 11 is 5.63. The van der Waals surface area contributed by atoms with Gasteiger partial charge in [-0.25, -0.2) is 0 Å². The molecule has 0 nitrogen and oxygen atoms in total. The van der Waals surface area contributed by atoms with Crippen molar-refractivity contribution in [1.82, 2.24) is 0 Å². The summed E-state index contributed by atoms with van der Waals surface area (Å²) in [5, 5.41) is 0. The highest BCUT2D eigenvalue weighted by Crippen LogP contribution is 2.82. The summed E-state index contributed by atoms with van der Waals surface area (Å²) in [6, 6.07) is 0. The van der Waals surface area contributed by atoms with Crippen LogP contribution >= 0.6 is 12.2 Å². The highest BCUT2D eigenvalue weighted by Gasteiger charge is 2.80. The van der Waals surface area contributed by atoms with Gasteiger partial charge in [-0.15, -0.1) is 0 Å². The fraction of sp³-hybridized carbons (Fsp3) is 0.909. The molecular formula is C11H12S. The van der Waals surface area contributed by atoms with Gasteiger partial charge in [0.2, 0.25) is 0 Å². The molecule has 5 bridgehead atoms. The van der Waals surface area contributed by atoms with Gasteiger partial charge in [0, 0.05) is 4.86 Å². The van der Waals surface area contributed by atoms with Crippen molar-refractivity contribution in [2.24, 2.45) is 47.3 Å². The van der Waals surface area contributed by atoms with Crippen LogP contribution in [0.5, 0.6) is 0 Å². The molecule has 12 heavy (non-hydrogen) atoms. The molecule has 0 N–H and O–H groups in total. The second-order valence-electron chi connectivity index (χ2n) is 5.75. The van der Waals surface area contributed by atoms with Crippen molar-refractivity contribution in [3.63, 3.8) is 0 Å². The quantitative estimate of drug-likeness (QED) is 0.510. The van der Waals surface area contributed by atoms with E-state index in [-0.39, 0.29) is 0 Å². The van der Waals surface area contributed by atoms with Crippen molar-refractivity contribution >= 4 is 17.1 Å². The Balaban J connectivity index is 1.86. The van der Waals surface area contributed by atoms with Crippen LogP contribution in [0.4, 0.5) is 0 Å². The van der Waals surface area contributed by atoms with E-state index in [0.717, 1.165) is 35.5 Å². The van der Waals surface area contributed by atoms with E-state index in [2.05, 4.69) is 0 Å². The van der Waals surface area contributed by atoms with Gasteiger partial charge in [-0.1, -0.05) is 12.2 Å². The molecule has 1 heteroatoms. The van der Waals surface area contributed by atoms with Gasteiger partial charge in [0.05, 0.1) is 0 Å². The van der Waals surface area contributed by atoms with Crippen LogP contribution in [0.2, 0.25) is 0 Å². The first-order chi connectivity index (χ1) is 5.88. The summed E-state index contributed by atoms with van der Waals surface area (Å²) in [4.78, 5) is 1.54. The molecule has 0 spiro atoms. The van der Waals surface area contributed by atoms with E-state index in [9.17, 15) is 0 Å². The van der Waals surface area contributed by atoms with Crippen LogP contribution in [0.3, 0.4) is 0 Å². The molecule has 6 fully saturated rings. The van der Waals surface area contributed by atoms with E-state index in [1.807, 2.05) is 0 Å². The normalized spacial score (nSPS) is 79.2. The van der Waals surface area contributed by atoms with Gasteiger partial charge in [0.1, 0.15) is 0 Å². The predicted molar refractivity (Wildman–Crippen MR) is 49.8 cm³/mol. The average molecular weight is 176 g/mol. The van der Waals surface area contributed by atoms with Crippen LogP contribution in [0, 0.1) is 47.3 Å². The van der Waals surface area contributed by atoms with Crippen LogP contribution in [0.25, 0.3) is 0 Å². The van der Waals surface area contributed by atoms with E-state index < -0.39 is 0 Å². The fourth-order valence-corrected chi connectivity index (χ4v) is 6.65. The minimum absolute atomic E-state index is 0.954. The molecule has 6 aliphatic rings. The van der Waals surface area contributed by atoms with Gasteiger partial charge < -0.3 is 0 Å². The molecule has 0 amide bonds. The molecule has 8 unspecified atom stereocenters. The van der Waals surface area contributed by atoms with Gasteiger partial charge in [-0.05, 0) is 60.2 Å². The Morgan fingerprint density at radius 2 is 1.75 bits per heavy atom. The zero-order valence-corrected chi connectivity index (χ0v) is 7.76. The average Bonchev–Trinajstić information content (AvgIpc) is 2.20. The molecule has 0 aromatic heterocycles. The van der Waals surface area contributed by atoms with Crippen molar-refractivity contribution < 1.29 is 0 Å². The third-order valence-electron chi connectivity index (χ3n) is 5.98. The first kappa shape index (κ1) is 5.74. The smallest absolute Gasteiger partial charge is 0.000190 e. The molecule has 6 aliphatic carbocycles. The standard InChI is InChI=1S/C11H12S/c12-11-6-3-1-4-7-5(2-3)9(11)10(7)8(4)6/h3-10H,1-2H2. The fourth-order valence-electron chi connectivity index (χ4n) is 5.97. The minimum atomic E-state index is 0.954. The SMILES string of the molecule is S=C1C2C3CC4C1C1C4C(C3)C21. The Kier molecular flexibility index (Phi) is 0.639. The minimum Gasteiger partial charge on any atom is -0.0890 e. The van der Waals surface area contributed by atoms with Crippen molar-refractivity contribution in [1.29, 1.82) is 0 Å². The van der Waals surface area contributed by atoms with Gasteiger partial charge in [-0.3, -0.25) is 0 Å². The second kappa shape index (κ2) is 1.33. The Bertz CT molecular complexity index is 315. The molecule has 0 saturated heterocycles. The lowest BCUT2D eigenvalue weighted by atomic mass is 9.39. The second-order valence-corrected chi connectivity index (χ2v) is 6.22. The van der Waals surface area contributed by atoms with Crippen molar-refractivity contribution in [2.45, 2.75) is 12.8 Å². The van der Waals surface area contributed by atoms with Crippen LogP contribution in [0.15, 0.2) is 0 Å². The monoisotopic (exact) mass is 176 g/mol. The van der Waals surface area contributed by atoms with E-state index in [1.54, 1.807) is 17.7 Å². The highest BCUT2D eigenvalue weighted by molar-refractivity contribution is 7.80. The van der Waals surface area contributed by atoms with Crippen LogP contribution in [0.1, 0.15) is 12.8 Å². The lowest BCUT2D eigenvalue weighted by molar-refractivity contribution is -0.161. The Labute approximate surface area is 77.7 Å². The molecule has 62 valence electrons. The van der Waals surface area contributed by atoms with Crippen molar-refractivity contribution in [3.8, 4) is 0 Å². The summed E-state index contributed by atoms with van der Waals surface area (Å²) in [5.41, 5.74) is 0. The van der Waals surface area contributed by atoms with Gasteiger partial charge in [-0.2, -0.15) is 0 Å². The number of hydrogen-bond donors (Lipinski definition) is 0. The van der Waals surface area contributed by atoms with Crippen LogP contribution in [-0.4, -0.2) is 4.86 Å². The van der Waals surface area contributed by atoms with Gasteiger partial charge >= 0.3 is 0 Å². The van der Waals surface area contributed by atoms with E-state index in [0.29, 0.717) is 0 Å². The number of rotatable bonds is 0. The molecule has 0 aromatic rings. The van der Waals surface area contributed by atoms with E-state index in [4.69, 9.17) is 12.2 Å². The molecule has 0 heterocycles. The Morgan fingerprint density at radius 3 is 2.67 bits per heavy atom. The lowest BCUT2D eigenvalue weighted by Gasteiger charge is -2.65. The largest absolute Gasteiger partial charge is 0.0890 e. The molecule has 6 saturated carbocycles. The third-order valence-corrected chi connectivity index (χ3v) is 6.52. The zero-order chi connectivity index (χ0) is 7.61. The maximum absolute atomic E-state index is 5.63. The molecule has 6 rings (SSSR count). The first-order valence-corrected chi connectivity index (χ1v) is 5.82. The summed E-state index contributed by atoms with van der Waals surface area (Å²) in [6.45, 7) is 0. The Morgan fingerprint density at radius 1 is 0.917 bits per heavy atom. The van der Waals surface area contributed by atoms with E-state index >= 15 is 0 Å². The third kappa shape index (κ3) is 0.307. The van der Waals surface area contributed by atoms with Crippen molar-refractivity contribution in [2.75, 3.05) is 0 Å². The molecule has 8 atom stereocenters. The molecule has 0 radical (unpaired) electrons. The molecule has 0 aromatic carbocycles. The van der Waals surface area contributed by atoms with Crippen molar-refractivity contribution in [3.05, 3.63) is 0 Å². The first-order valence-electron chi connectivity index (χ1n) is 5.41. The zero-order valence-electron chi connectivity index (χ0n) is 6.94. The molecular weight excluding hydrogens is 164 g/mol. The Hall–Kier alpha value is 0.0900. The van der Waals surface area contributed by atoms with Gasteiger partial charge in [0.15, 0.2) is 0 Å². The lowest BCUT2D eigenvalue weighted by Crippen LogP contribution is -2.62. The van der Waals surface area contributed by atoms with Crippen LogP contribution in [-0.2, 0) is 0 Å². The summed E-state index contributed by atoms with van der Waals surface area (Å²) in [6.07, 6.45) is 3.14. The maximum Gasteiger partial charge on any atom is 0.000190 e.